The van der Waals surface area contributed by atoms with Crippen LogP contribution in [0.4, 0.5) is 0 Å². The fourth-order valence-electron chi connectivity index (χ4n) is 0.947. The van der Waals surface area contributed by atoms with Crippen LogP contribution in [0.5, 0.6) is 0 Å². The molecule has 2 amide bonds. The molecule has 5 heteroatoms. The molecule has 0 spiro atoms. The number of nitrogens with two attached hydrogens (primary N) is 1. The summed E-state index contributed by atoms with van der Waals surface area (Å²) in [7, 11) is 0. The summed E-state index contributed by atoms with van der Waals surface area (Å²) < 4.78 is 0. The van der Waals surface area contributed by atoms with Gasteiger partial charge in [-0.2, -0.15) is 0 Å². The van der Waals surface area contributed by atoms with Crippen LogP contribution < -0.4 is 16.4 Å². The molecule has 0 aliphatic carbocycles. The molecule has 100 valence electrons. The highest BCUT2D eigenvalue weighted by molar-refractivity contribution is 5.89. The second-order valence-electron chi connectivity index (χ2n) is 6.15. The number of hydrogen-bond acceptors (Lipinski definition) is 3. The van der Waals surface area contributed by atoms with E-state index < -0.39 is 17.0 Å². The topological polar surface area (TPSA) is 84.2 Å². The first-order valence-electron chi connectivity index (χ1n) is 5.81. The molecule has 0 saturated carbocycles. The second kappa shape index (κ2) is 5.49. The van der Waals surface area contributed by atoms with Crippen molar-refractivity contribution in [3.63, 3.8) is 0 Å². The van der Waals surface area contributed by atoms with E-state index in [1.165, 1.54) is 0 Å². The normalized spacial score (nSPS) is 14.1. The third kappa shape index (κ3) is 6.94. The fraction of sp³-hybridized carbons (Fsp3) is 0.833. The van der Waals surface area contributed by atoms with E-state index in [4.69, 9.17) is 5.73 Å². The Morgan fingerprint density at radius 1 is 1.18 bits per heavy atom. The first kappa shape index (κ1) is 15.9. The highest BCUT2D eigenvalue weighted by Crippen LogP contribution is 2.12. The predicted molar refractivity (Wildman–Crippen MR) is 68.3 cm³/mol. The van der Waals surface area contributed by atoms with E-state index in [0.717, 1.165) is 0 Å². The van der Waals surface area contributed by atoms with Gasteiger partial charge >= 0.3 is 0 Å². The molecule has 0 fully saturated rings. The van der Waals surface area contributed by atoms with E-state index in [1.54, 1.807) is 27.7 Å². The van der Waals surface area contributed by atoms with Gasteiger partial charge in [0.1, 0.15) is 6.04 Å². The standard InChI is InChI=1S/C12H25N3O2/c1-8(15-10(17)11(2,3)4)9(16)14-7-12(5,6)13/h8H,7,13H2,1-6H3,(H,14,16)(H,15,17). The van der Waals surface area contributed by atoms with E-state index in [2.05, 4.69) is 10.6 Å². The molecular formula is C12H25N3O2. The maximum absolute atomic E-state index is 11.7. The SMILES string of the molecule is CC(NC(=O)C(C)(C)C)C(=O)NCC(C)(C)N. The Hall–Kier alpha value is -1.10. The maximum Gasteiger partial charge on any atom is 0.242 e. The molecule has 1 unspecified atom stereocenters. The summed E-state index contributed by atoms with van der Waals surface area (Å²) in [4.78, 5) is 23.3. The van der Waals surface area contributed by atoms with Crippen molar-refractivity contribution >= 4 is 11.8 Å². The number of rotatable bonds is 4. The van der Waals surface area contributed by atoms with Crippen molar-refractivity contribution in [1.29, 1.82) is 0 Å². The van der Waals surface area contributed by atoms with Gasteiger partial charge < -0.3 is 16.4 Å². The third-order valence-electron chi connectivity index (χ3n) is 2.14. The smallest absolute Gasteiger partial charge is 0.242 e. The molecular weight excluding hydrogens is 218 g/mol. The lowest BCUT2D eigenvalue weighted by molar-refractivity contribution is -0.133. The molecule has 0 heterocycles. The Labute approximate surface area is 104 Å². The largest absolute Gasteiger partial charge is 0.353 e. The van der Waals surface area contributed by atoms with Gasteiger partial charge in [0.15, 0.2) is 0 Å². The summed E-state index contributed by atoms with van der Waals surface area (Å²) in [5.41, 5.74) is 4.80. The Bertz CT molecular complexity index is 287. The van der Waals surface area contributed by atoms with Crippen LogP contribution >= 0.6 is 0 Å². The minimum absolute atomic E-state index is 0.146. The quantitative estimate of drug-likeness (QED) is 0.668. The van der Waals surface area contributed by atoms with Crippen molar-refractivity contribution in [3.05, 3.63) is 0 Å². The summed E-state index contributed by atoms with van der Waals surface area (Å²) in [5, 5.41) is 5.36. The van der Waals surface area contributed by atoms with E-state index >= 15 is 0 Å². The van der Waals surface area contributed by atoms with Gasteiger partial charge in [-0.05, 0) is 20.8 Å². The van der Waals surface area contributed by atoms with Gasteiger partial charge in [0, 0.05) is 17.5 Å². The highest BCUT2D eigenvalue weighted by atomic mass is 16.2. The van der Waals surface area contributed by atoms with Gasteiger partial charge in [-0.15, -0.1) is 0 Å². The number of nitrogens with one attached hydrogen (secondary N) is 2. The molecule has 1 atom stereocenters. The van der Waals surface area contributed by atoms with Crippen molar-refractivity contribution in [1.82, 2.24) is 10.6 Å². The summed E-state index contributed by atoms with van der Waals surface area (Å²) in [5.74, 6) is -0.367. The van der Waals surface area contributed by atoms with Crippen LogP contribution in [-0.4, -0.2) is 29.9 Å². The molecule has 4 N–H and O–H groups in total. The molecule has 0 radical (unpaired) electrons. The summed E-state index contributed by atoms with van der Waals surface area (Å²) in [6, 6.07) is -0.552. The van der Waals surface area contributed by atoms with Gasteiger partial charge in [-0.1, -0.05) is 20.8 Å². The minimum atomic E-state index is -0.552. The molecule has 17 heavy (non-hydrogen) atoms. The van der Waals surface area contributed by atoms with Gasteiger partial charge in [0.05, 0.1) is 0 Å². The van der Waals surface area contributed by atoms with Gasteiger partial charge in [-0.25, -0.2) is 0 Å². The lowest BCUT2D eigenvalue weighted by Gasteiger charge is -2.23. The monoisotopic (exact) mass is 243 g/mol. The van der Waals surface area contributed by atoms with Crippen LogP contribution in [-0.2, 0) is 9.59 Å². The van der Waals surface area contributed by atoms with Gasteiger partial charge in [0.25, 0.3) is 0 Å². The first-order valence-corrected chi connectivity index (χ1v) is 5.81. The van der Waals surface area contributed by atoms with Gasteiger partial charge in [-0.3, -0.25) is 9.59 Å². The first-order chi connectivity index (χ1) is 7.43. The Morgan fingerprint density at radius 3 is 2.00 bits per heavy atom. The summed E-state index contributed by atoms with van der Waals surface area (Å²) >= 11 is 0. The highest BCUT2D eigenvalue weighted by Gasteiger charge is 2.25. The number of carbonyl (C=O) groups excluding carboxylic acids is 2. The summed E-state index contributed by atoms with van der Waals surface area (Å²) in [6.45, 7) is 11.1. The molecule has 0 bridgehead atoms. The van der Waals surface area contributed by atoms with Crippen molar-refractivity contribution in [2.45, 2.75) is 53.1 Å². The average molecular weight is 243 g/mol. The van der Waals surface area contributed by atoms with E-state index in [9.17, 15) is 9.59 Å². The lowest BCUT2D eigenvalue weighted by atomic mass is 9.95. The zero-order valence-corrected chi connectivity index (χ0v) is 11.7. The maximum atomic E-state index is 11.7. The van der Waals surface area contributed by atoms with E-state index in [0.29, 0.717) is 6.54 Å². The van der Waals surface area contributed by atoms with Crippen molar-refractivity contribution in [3.8, 4) is 0 Å². The van der Waals surface area contributed by atoms with Crippen LogP contribution in [0.1, 0.15) is 41.5 Å². The van der Waals surface area contributed by atoms with Crippen LogP contribution in [0.25, 0.3) is 0 Å². The molecule has 0 aromatic heterocycles. The third-order valence-corrected chi connectivity index (χ3v) is 2.14. The number of hydrogen-bond donors (Lipinski definition) is 3. The van der Waals surface area contributed by atoms with Crippen LogP contribution in [0, 0.1) is 5.41 Å². The van der Waals surface area contributed by atoms with Crippen molar-refractivity contribution < 1.29 is 9.59 Å². The van der Waals surface area contributed by atoms with Gasteiger partial charge in [0.2, 0.25) is 11.8 Å². The lowest BCUT2D eigenvalue weighted by Crippen LogP contribution is -2.52. The van der Waals surface area contributed by atoms with Crippen LogP contribution in [0.3, 0.4) is 0 Å². The Balaban J connectivity index is 4.20. The van der Waals surface area contributed by atoms with Crippen LogP contribution in [0.2, 0.25) is 0 Å². The zero-order valence-electron chi connectivity index (χ0n) is 11.7. The van der Waals surface area contributed by atoms with Crippen molar-refractivity contribution in [2.75, 3.05) is 6.54 Å². The average Bonchev–Trinajstić information content (AvgIpc) is 2.11. The number of amides is 2. The summed E-state index contributed by atoms with van der Waals surface area (Å²) in [6.07, 6.45) is 0. The second-order valence-corrected chi connectivity index (χ2v) is 6.15. The number of carbonyl (C=O) groups is 2. The molecule has 0 saturated heterocycles. The molecule has 0 aliphatic rings. The molecule has 5 nitrogen and oxygen atoms in total. The van der Waals surface area contributed by atoms with Crippen LogP contribution in [0.15, 0.2) is 0 Å². The molecule has 0 aromatic rings. The minimum Gasteiger partial charge on any atom is -0.353 e. The fourth-order valence-corrected chi connectivity index (χ4v) is 0.947. The van der Waals surface area contributed by atoms with E-state index in [-0.39, 0.29) is 11.8 Å². The zero-order chi connectivity index (χ0) is 13.9. The Kier molecular flexibility index (Phi) is 5.13. The molecule has 0 rings (SSSR count). The molecule has 0 aliphatic heterocycles. The predicted octanol–water partition coefficient (Wildman–Crippen LogP) is 0.391. The van der Waals surface area contributed by atoms with Crippen molar-refractivity contribution in [2.24, 2.45) is 11.1 Å². The van der Waals surface area contributed by atoms with E-state index in [1.807, 2.05) is 13.8 Å². The Morgan fingerprint density at radius 2 is 1.65 bits per heavy atom. The molecule has 0 aromatic carbocycles.